The molecule has 0 aromatic heterocycles. The third-order valence-corrected chi connectivity index (χ3v) is 2.86. The highest BCUT2D eigenvalue weighted by Crippen LogP contribution is 2.18. The summed E-state index contributed by atoms with van der Waals surface area (Å²) in [5, 5.41) is 11.2. The topological polar surface area (TPSA) is 92.4 Å². The van der Waals surface area contributed by atoms with Crippen LogP contribution in [0, 0.1) is 5.82 Å². The molecule has 2 aromatic carbocycles. The van der Waals surface area contributed by atoms with Gasteiger partial charge in [-0.2, -0.15) is 0 Å². The summed E-state index contributed by atoms with van der Waals surface area (Å²) in [6, 6.07) is 10.3. The summed E-state index contributed by atoms with van der Waals surface area (Å²) in [5.41, 5.74) is 6.44. The first-order valence-electron chi connectivity index (χ1n) is 6.13. The number of hydrogen-bond donors (Lipinski definition) is 3. The lowest BCUT2D eigenvalue weighted by molar-refractivity contribution is -0.136. The van der Waals surface area contributed by atoms with Crippen molar-refractivity contribution in [2.75, 3.05) is 11.1 Å². The van der Waals surface area contributed by atoms with Gasteiger partial charge in [-0.05, 0) is 29.8 Å². The number of anilines is 2. The third-order valence-electron chi connectivity index (χ3n) is 2.86. The molecule has 0 aliphatic carbocycles. The van der Waals surface area contributed by atoms with Crippen molar-refractivity contribution in [1.82, 2.24) is 0 Å². The van der Waals surface area contributed by atoms with Gasteiger partial charge in [-0.3, -0.25) is 9.59 Å². The molecular weight excluding hydrogens is 275 g/mol. The first-order valence-corrected chi connectivity index (χ1v) is 6.13. The standard InChI is InChI=1S/C15H13FN2O3/c16-12-3-1-2-11(14(12)17)15(21)18-10-6-4-9(5-7-10)8-13(19)20/h1-7H,8,17H2,(H,18,21)(H,19,20). The molecule has 0 unspecified atom stereocenters. The molecule has 4 N–H and O–H groups in total. The van der Waals surface area contributed by atoms with Gasteiger partial charge in [-0.15, -0.1) is 0 Å². The number of halogens is 1. The van der Waals surface area contributed by atoms with E-state index in [1.807, 2.05) is 0 Å². The number of nitrogen functional groups attached to an aromatic ring is 1. The van der Waals surface area contributed by atoms with Crippen molar-refractivity contribution in [3.8, 4) is 0 Å². The quantitative estimate of drug-likeness (QED) is 0.752. The molecular formula is C15H13FN2O3. The lowest BCUT2D eigenvalue weighted by atomic mass is 10.1. The molecule has 0 radical (unpaired) electrons. The van der Waals surface area contributed by atoms with Gasteiger partial charge in [0.1, 0.15) is 5.82 Å². The SMILES string of the molecule is Nc1c(F)cccc1C(=O)Nc1ccc(CC(=O)O)cc1. The maximum Gasteiger partial charge on any atom is 0.307 e. The van der Waals surface area contributed by atoms with E-state index in [-0.39, 0.29) is 17.7 Å². The van der Waals surface area contributed by atoms with Crippen molar-refractivity contribution < 1.29 is 19.1 Å². The summed E-state index contributed by atoms with van der Waals surface area (Å²) in [4.78, 5) is 22.6. The van der Waals surface area contributed by atoms with E-state index in [1.54, 1.807) is 24.3 Å². The molecule has 2 aromatic rings. The van der Waals surface area contributed by atoms with Gasteiger partial charge in [0.05, 0.1) is 17.7 Å². The van der Waals surface area contributed by atoms with Crippen LogP contribution in [0.4, 0.5) is 15.8 Å². The second-order valence-electron chi connectivity index (χ2n) is 4.42. The van der Waals surface area contributed by atoms with Crippen molar-refractivity contribution in [3.05, 3.63) is 59.4 Å². The normalized spacial score (nSPS) is 10.1. The van der Waals surface area contributed by atoms with Crippen LogP contribution >= 0.6 is 0 Å². The molecule has 1 amide bonds. The Morgan fingerprint density at radius 2 is 1.81 bits per heavy atom. The molecule has 5 nitrogen and oxygen atoms in total. The minimum absolute atomic E-state index is 0.0459. The Bertz CT molecular complexity index is 684. The fraction of sp³-hybridized carbons (Fsp3) is 0.0667. The molecule has 21 heavy (non-hydrogen) atoms. The minimum Gasteiger partial charge on any atom is -0.481 e. The molecule has 6 heteroatoms. The minimum atomic E-state index is -0.931. The maximum absolute atomic E-state index is 13.3. The summed E-state index contributed by atoms with van der Waals surface area (Å²) in [6.45, 7) is 0. The number of amides is 1. The van der Waals surface area contributed by atoms with E-state index in [9.17, 15) is 14.0 Å². The molecule has 0 heterocycles. The van der Waals surface area contributed by atoms with Crippen molar-refractivity contribution in [1.29, 1.82) is 0 Å². The number of para-hydroxylation sites is 1. The number of hydrogen-bond acceptors (Lipinski definition) is 3. The predicted molar refractivity (Wildman–Crippen MR) is 76.5 cm³/mol. The highest BCUT2D eigenvalue weighted by molar-refractivity contribution is 6.07. The Balaban J connectivity index is 2.12. The average Bonchev–Trinajstić information content (AvgIpc) is 2.43. The van der Waals surface area contributed by atoms with Crippen LogP contribution in [0.5, 0.6) is 0 Å². The smallest absolute Gasteiger partial charge is 0.307 e. The van der Waals surface area contributed by atoms with Gasteiger partial charge in [0.25, 0.3) is 5.91 Å². The van der Waals surface area contributed by atoms with Crippen LogP contribution in [0.25, 0.3) is 0 Å². The van der Waals surface area contributed by atoms with Crippen molar-refractivity contribution >= 4 is 23.3 Å². The lowest BCUT2D eigenvalue weighted by Gasteiger charge is -2.08. The molecule has 0 saturated carbocycles. The van der Waals surface area contributed by atoms with E-state index in [2.05, 4.69) is 5.32 Å². The number of nitrogens with one attached hydrogen (secondary N) is 1. The first kappa shape index (κ1) is 14.5. The molecule has 2 rings (SSSR count). The van der Waals surface area contributed by atoms with Crippen LogP contribution in [-0.2, 0) is 11.2 Å². The highest BCUT2D eigenvalue weighted by atomic mass is 19.1. The van der Waals surface area contributed by atoms with Crippen LogP contribution in [0.1, 0.15) is 15.9 Å². The van der Waals surface area contributed by atoms with Gasteiger partial charge >= 0.3 is 5.97 Å². The van der Waals surface area contributed by atoms with E-state index in [1.165, 1.54) is 18.2 Å². The molecule has 0 saturated heterocycles. The van der Waals surface area contributed by atoms with Gasteiger partial charge in [-0.1, -0.05) is 18.2 Å². The van der Waals surface area contributed by atoms with E-state index in [0.717, 1.165) is 0 Å². The Labute approximate surface area is 120 Å². The Morgan fingerprint density at radius 1 is 1.14 bits per heavy atom. The maximum atomic E-state index is 13.3. The fourth-order valence-electron chi connectivity index (χ4n) is 1.81. The van der Waals surface area contributed by atoms with Crippen molar-refractivity contribution in [2.45, 2.75) is 6.42 Å². The number of nitrogens with two attached hydrogens (primary N) is 1. The second kappa shape index (κ2) is 6.04. The molecule has 0 aliphatic rings. The number of carboxylic acid groups (broad SMARTS) is 1. The number of aliphatic carboxylic acids is 1. The first-order chi connectivity index (χ1) is 9.97. The van der Waals surface area contributed by atoms with Gasteiger partial charge in [0, 0.05) is 5.69 Å². The zero-order chi connectivity index (χ0) is 15.4. The summed E-state index contributed by atoms with van der Waals surface area (Å²) >= 11 is 0. The molecule has 0 aliphatic heterocycles. The van der Waals surface area contributed by atoms with E-state index < -0.39 is 17.7 Å². The predicted octanol–water partition coefficient (Wildman–Crippen LogP) is 2.29. The number of benzene rings is 2. The Hall–Kier alpha value is -2.89. The summed E-state index contributed by atoms with van der Waals surface area (Å²) < 4.78 is 13.3. The fourth-order valence-corrected chi connectivity index (χ4v) is 1.81. The van der Waals surface area contributed by atoms with E-state index >= 15 is 0 Å². The molecule has 108 valence electrons. The van der Waals surface area contributed by atoms with Crippen LogP contribution in [0.2, 0.25) is 0 Å². The van der Waals surface area contributed by atoms with Crippen LogP contribution < -0.4 is 11.1 Å². The molecule has 0 spiro atoms. The number of carboxylic acids is 1. The van der Waals surface area contributed by atoms with Gasteiger partial charge in [0.2, 0.25) is 0 Å². The average molecular weight is 288 g/mol. The van der Waals surface area contributed by atoms with E-state index in [0.29, 0.717) is 11.3 Å². The van der Waals surface area contributed by atoms with Gasteiger partial charge < -0.3 is 16.2 Å². The van der Waals surface area contributed by atoms with Crippen LogP contribution in [0.3, 0.4) is 0 Å². The Morgan fingerprint density at radius 3 is 2.43 bits per heavy atom. The summed E-state index contributed by atoms with van der Waals surface area (Å²) in [7, 11) is 0. The second-order valence-corrected chi connectivity index (χ2v) is 4.42. The molecule has 0 atom stereocenters. The van der Waals surface area contributed by atoms with Crippen LogP contribution in [-0.4, -0.2) is 17.0 Å². The highest BCUT2D eigenvalue weighted by Gasteiger charge is 2.12. The van der Waals surface area contributed by atoms with Crippen molar-refractivity contribution in [2.24, 2.45) is 0 Å². The number of carbonyl (C=O) groups excluding carboxylic acids is 1. The van der Waals surface area contributed by atoms with Crippen LogP contribution in [0.15, 0.2) is 42.5 Å². The largest absolute Gasteiger partial charge is 0.481 e. The summed E-state index contributed by atoms with van der Waals surface area (Å²) in [5.74, 6) is -2.11. The zero-order valence-corrected chi connectivity index (χ0v) is 11.0. The van der Waals surface area contributed by atoms with Crippen molar-refractivity contribution in [3.63, 3.8) is 0 Å². The number of carbonyl (C=O) groups is 2. The Kier molecular flexibility index (Phi) is 4.18. The summed E-state index contributed by atoms with van der Waals surface area (Å²) in [6.07, 6.45) is -0.0922. The zero-order valence-electron chi connectivity index (χ0n) is 11.0. The van der Waals surface area contributed by atoms with Gasteiger partial charge in [-0.25, -0.2) is 4.39 Å². The molecule has 0 fully saturated rings. The van der Waals surface area contributed by atoms with Gasteiger partial charge in [0.15, 0.2) is 0 Å². The van der Waals surface area contributed by atoms with E-state index in [4.69, 9.17) is 10.8 Å². The third kappa shape index (κ3) is 3.56. The number of rotatable bonds is 4. The lowest BCUT2D eigenvalue weighted by Crippen LogP contribution is -2.14. The monoisotopic (exact) mass is 288 g/mol. The molecule has 0 bridgehead atoms.